The minimum atomic E-state index is -1.50. The highest BCUT2D eigenvalue weighted by molar-refractivity contribution is 5.98. The third-order valence-corrected chi connectivity index (χ3v) is 3.26. The van der Waals surface area contributed by atoms with E-state index in [4.69, 9.17) is 5.11 Å². The van der Waals surface area contributed by atoms with Crippen LogP contribution >= 0.6 is 0 Å². The van der Waals surface area contributed by atoms with E-state index in [0.29, 0.717) is 0 Å². The maximum atomic E-state index is 12.0. The third kappa shape index (κ3) is 3.53. The van der Waals surface area contributed by atoms with Crippen LogP contribution in [0.2, 0.25) is 0 Å². The lowest BCUT2D eigenvalue weighted by atomic mass is 9.76. The summed E-state index contributed by atoms with van der Waals surface area (Å²) in [5.74, 6) is -1.48. The number of ketones is 1. The molecule has 0 saturated carbocycles. The Balaban J connectivity index is 2.88. The van der Waals surface area contributed by atoms with Gasteiger partial charge in [0, 0.05) is 5.57 Å². The smallest absolute Gasteiger partial charge is 0.168 e. The molecule has 5 heteroatoms. The van der Waals surface area contributed by atoms with Crippen molar-refractivity contribution in [1.29, 1.82) is 0 Å². The number of aliphatic hydroxyl groups excluding tert-OH is 3. The quantitative estimate of drug-likeness (QED) is 0.560. The van der Waals surface area contributed by atoms with E-state index < -0.39 is 17.6 Å². The molecule has 0 aliphatic heterocycles. The minimum absolute atomic E-state index is 0.0375. The van der Waals surface area contributed by atoms with E-state index >= 15 is 0 Å². The van der Waals surface area contributed by atoms with Crippen molar-refractivity contribution in [3.63, 3.8) is 0 Å². The second-order valence-corrected chi connectivity index (χ2v) is 4.91. The number of allylic oxidation sites excluding steroid dienone is 3. The number of hydrogen-bond acceptors (Lipinski definition) is 5. The van der Waals surface area contributed by atoms with E-state index in [1.54, 1.807) is 6.08 Å². The molecule has 0 heterocycles. The van der Waals surface area contributed by atoms with E-state index in [0.717, 1.165) is 0 Å². The van der Waals surface area contributed by atoms with E-state index in [-0.39, 0.29) is 30.1 Å². The number of Topliss-reactive ketones (excluding diaryl/α,β-unsaturated/α-hetero) is 1. The molecule has 1 aliphatic rings. The fraction of sp³-hybridized carbons (Fsp3) is 0.500. The molecule has 3 atom stereocenters. The van der Waals surface area contributed by atoms with Crippen LogP contribution in [-0.2, 0) is 4.79 Å². The van der Waals surface area contributed by atoms with Gasteiger partial charge in [-0.15, -0.1) is 0 Å². The van der Waals surface area contributed by atoms with Gasteiger partial charge in [-0.05, 0) is 20.3 Å². The van der Waals surface area contributed by atoms with Gasteiger partial charge < -0.3 is 20.4 Å². The van der Waals surface area contributed by atoms with Crippen LogP contribution in [0.5, 0.6) is 0 Å². The molecule has 4 N–H and O–H groups in total. The zero-order valence-corrected chi connectivity index (χ0v) is 11.1. The van der Waals surface area contributed by atoms with Crippen molar-refractivity contribution in [2.24, 2.45) is 5.92 Å². The van der Waals surface area contributed by atoms with Crippen molar-refractivity contribution in [2.45, 2.75) is 32.0 Å². The highest BCUT2D eigenvalue weighted by Crippen LogP contribution is 2.35. The van der Waals surface area contributed by atoms with Crippen molar-refractivity contribution in [3.05, 3.63) is 35.6 Å². The fourth-order valence-electron chi connectivity index (χ4n) is 2.14. The highest BCUT2D eigenvalue weighted by Gasteiger charge is 2.43. The first kappa shape index (κ1) is 15.6. The van der Waals surface area contributed by atoms with E-state index in [1.165, 1.54) is 32.1 Å². The lowest BCUT2D eigenvalue weighted by molar-refractivity contribution is -0.127. The maximum Gasteiger partial charge on any atom is 0.168 e. The number of aliphatic hydroxyl groups is 4. The summed E-state index contributed by atoms with van der Waals surface area (Å²) < 4.78 is 0. The van der Waals surface area contributed by atoms with Gasteiger partial charge >= 0.3 is 0 Å². The number of carbonyl (C=O) groups excluding carboxylic acids is 1. The Bertz CT molecular complexity index is 431. The Hall–Kier alpha value is -1.43. The summed E-state index contributed by atoms with van der Waals surface area (Å²) in [5, 5.41) is 38.2. The molecule has 0 bridgehead atoms. The molecule has 0 spiro atoms. The first-order chi connectivity index (χ1) is 8.81. The molecule has 5 nitrogen and oxygen atoms in total. The molecule has 0 unspecified atom stereocenters. The second kappa shape index (κ2) is 6.14. The SMILES string of the molecule is CC1=C(O)[C@@](C)(O)C[C@@H]([C@@H](O)/C=C/C=C/CO)C1=O. The average Bonchev–Trinajstić information content (AvgIpc) is 2.36. The molecular weight excluding hydrogens is 248 g/mol. The molecule has 1 aliphatic carbocycles. The summed E-state index contributed by atoms with van der Waals surface area (Å²) in [7, 11) is 0. The van der Waals surface area contributed by atoms with E-state index in [2.05, 4.69) is 0 Å². The molecule has 1 rings (SSSR count). The van der Waals surface area contributed by atoms with Gasteiger partial charge in [0.15, 0.2) is 5.78 Å². The van der Waals surface area contributed by atoms with Crippen LogP contribution in [0.1, 0.15) is 20.3 Å². The minimum Gasteiger partial charge on any atom is -0.509 e. The number of rotatable bonds is 4. The Labute approximate surface area is 112 Å². The van der Waals surface area contributed by atoms with Crippen LogP contribution in [0.4, 0.5) is 0 Å². The van der Waals surface area contributed by atoms with Gasteiger partial charge in [-0.2, -0.15) is 0 Å². The van der Waals surface area contributed by atoms with Crippen LogP contribution in [0.25, 0.3) is 0 Å². The maximum absolute atomic E-state index is 12.0. The molecule has 0 aromatic heterocycles. The third-order valence-electron chi connectivity index (χ3n) is 3.26. The van der Waals surface area contributed by atoms with Crippen LogP contribution in [-0.4, -0.2) is 44.5 Å². The summed E-state index contributed by atoms with van der Waals surface area (Å²) >= 11 is 0. The van der Waals surface area contributed by atoms with Crippen molar-refractivity contribution < 1.29 is 25.2 Å². The van der Waals surface area contributed by atoms with Gasteiger partial charge in [-0.25, -0.2) is 0 Å². The van der Waals surface area contributed by atoms with Gasteiger partial charge in [-0.1, -0.05) is 24.3 Å². The molecule has 106 valence electrons. The van der Waals surface area contributed by atoms with Crippen molar-refractivity contribution in [3.8, 4) is 0 Å². The van der Waals surface area contributed by atoms with Gasteiger partial charge in [0.2, 0.25) is 0 Å². The normalized spacial score (nSPS) is 30.6. The fourth-order valence-corrected chi connectivity index (χ4v) is 2.14. The van der Waals surface area contributed by atoms with Gasteiger partial charge in [0.25, 0.3) is 0 Å². The van der Waals surface area contributed by atoms with Gasteiger partial charge in [0.1, 0.15) is 11.4 Å². The van der Waals surface area contributed by atoms with Crippen LogP contribution in [0, 0.1) is 5.92 Å². The van der Waals surface area contributed by atoms with Crippen LogP contribution in [0.15, 0.2) is 35.6 Å². The van der Waals surface area contributed by atoms with E-state index in [9.17, 15) is 20.1 Å². The molecular formula is C14H20O5. The Kier molecular flexibility index (Phi) is 5.05. The highest BCUT2D eigenvalue weighted by atomic mass is 16.3. The Morgan fingerprint density at radius 1 is 1.47 bits per heavy atom. The zero-order chi connectivity index (χ0) is 14.6. The topological polar surface area (TPSA) is 98.0 Å². The molecule has 0 saturated heterocycles. The number of hydrogen-bond donors (Lipinski definition) is 4. The molecule has 0 aromatic carbocycles. The van der Waals surface area contributed by atoms with Gasteiger partial charge in [0.05, 0.1) is 18.6 Å². The summed E-state index contributed by atoms with van der Waals surface area (Å²) in [6.07, 6.45) is 4.89. The zero-order valence-electron chi connectivity index (χ0n) is 11.1. The molecule has 0 amide bonds. The summed E-state index contributed by atoms with van der Waals surface area (Å²) in [6.45, 7) is 2.74. The van der Waals surface area contributed by atoms with Crippen molar-refractivity contribution in [2.75, 3.05) is 6.61 Å². The largest absolute Gasteiger partial charge is 0.509 e. The molecule has 19 heavy (non-hydrogen) atoms. The lowest BCUT2D eigenvalue weighted by Gasteiger charge is -2.34. The summed E-state index contributed by atoms with van der Waals surface area (Å²) in [4.78, 5) is 12.0. The van der Waals surface area contributed by atoms with Crippen molar-refractivity contribution >= 4 is 5.78 Å². The molecule has 0 fully saturated rings. The predicted molar refractivity (Wildman–Crippen MR) is 70.4 cm³/mol. The first-order valence-corrected chi connectivity index (χ1v) is 6.10. The molecule has 0 radical (unpaired) electrons. The lowest BCUT2D eigenvalue weighted by Crippen LogP contribution is -2.43. The first-order valence-electron chi connectivity index (χ1n) is 6.10. The van der Waals surface area contributed by atoms with Crippen LogP contribution in [0.3, 0.4) is 0 Å². The second-order valence-electron chi connectivity index (χ2n) is 4.91. The van der Waals surface area contributed by atoms with Crippen LogP contribution < -0.4 is 0 Å². The number of carbonyl (C=O) groups is 1. The molecule has 0 aromatic rings. The Morgan fingerprint density at radius 2 is 2.11 bits per heavy atom. The van der Waals surface area contributed by atoms with Gasteiger partial charge in [-0.3, -0.25) is 4.79 Å². The monoisotopic (exact) mass is 268 g/mol. The van der Waals surface area contributed by atoms with Crippen molar-refractivity contribution in [1.82, 2.24) is 0 Å². The van der Waals surface area contributed by atoms with E-state index in [1.807, 2.05) is 0 Å². The summed E-state index contributed by atoms with van der Waals surface area (Å²) in [5.41, 5.74) is -1.42. The Morgan fingerprint density at radius 3 is 2.68 bits per heavy atom. The summed E-state index contributed by atoms with van der Waals surface area (Å²) in [6, 6.07) is 0. The average molecular weight is 268 g/mol. The predicted octanol–water partition coefficient (Wildman–Crippen LogP) is 0.624. The standard InChI is InChI=1S/C14H20O5/c1-9-12(17)10(8-14(2,19)13(9)18)11(16)6-4-3-5-7-15/h3-6,10-11,15-16,18-19H,7-8H2,1-2H3/b5-3+,6-4+/t10-,11-,14-/m0/s1.